The number of aliphatic hydroxyl groups is 1. The number of carbonyl (C=O) groups excluding carboxylic acids is 3. The summed E-state index contributed by atoms with van der Waals surface area (Å²) in [6.07, 6.45) is 6.31. The molecular formula is C51H64ClN11O6S. The number of nitrogens with zero attached hydrogens (tertiary/aromatic N) is 7. The first kappa shape index (κ1) is 49.0. The average molecular weight is 995 g/mol. The lowest BCUT2D eigenvalue weighted by molar-refractivity contribution is -0.141. The Morgan fingerprint density at radius 2 is 1.73 bits per heavy atom. The predicted octanol–water partition coefficient (Wildman–Crippen LogP) is 7.18. The highest BCUT2D eigenvalue weighted by Gasteiger charge is 2.44. The van der Waals surface area contributed by atoms with Crippen LogP contribution < -0.4 is 27.0 Å². The Morgan fingerprint density at radius 3 is 2.40 bits per heavy atom. The lowest BCUT2D eigenvalue weighted by Crippen LogP contribution is -2.48. The number of halogens is 1. The molecule has 2 aromatic carbocycles. The molecule has 3 aromatic heterocycles. The number of aromatic nitrogens is 4. The lowest BCUT2D eigenvalue weighted by atomic mass is 9.91. The van der Waals surface area contributed by atoms with E-state index < -0.39 is 18.1 Å². The Balaban J connectivity index is 0.789. The van der Waals surface area contributed by atoms with E-state index in [1.807, 2.05) is 68.2 Å². The number of para-hydroxylation sites is 1. The second kappa shape index (κ2) is 20.8. The molecule has 9 rings (SSSR count). The minimum atomic E-state index is -0.823. The molecule has 70 heavy (non-hydrogen) atoms. The Hall–Kier alpha value is -5.95. The van der Waals surface area contributed by atoms with Crippen LogP contribution in [0.1, 0.15) is 112 Å². The molecule has 4 fully saturated rings. The number of nitrogens with two attached hydrogens (primary N) is 2. The number of aromatic hydroxyl groups is 1. The van der Waals surface area contributed by atoms with Crippen molar-refractivity contribution in [1.29, 1.82) is 0 Å². The molecule has 8 N–H and O–H groups in total. The molecule has 5 aromatic rings. The third-order valence-corrected chi connectivity index (χ3v) is 15.8. The number of aliphatic hydroxyl groups excluding tert-OH is 1. The third kappa shape index (κ3) is 10.6. The molecule has 6 heterocycles. The van der Waals surface area contributed by atoms with E-state index in [2.05, 4.69) is 30.6 Å². The van der Waals surface area contributed by atoms with E-state index in [0.29, 0.717) is 40.3 Å². The molecule has 1 aliphatic carbocycles. The maximum Gasteiger partial charge on any atom is 0.243 e. The van der Waals surface area contributed by atoms with Crippen LogP contribution in [0.15, 0.2) is 58.6 Å². The second-order valence-electron chi connectivity index (χ2n) is 19.9. The third-order valence-electron chi connectivity index (χ3n) is 14.5. The van der Waals surface area contributed by atoms with Gasteiger partial charge in [0.05, 0.1) is 45.0 Å². The van der Waals surface area contributed by atoms with Gasteiger partial charge < -0.3 is 51.5 Å². The number of benzene rings is 2. The van der Waals surface area contributed by atoms with Gasteiger partial charge in [-0.15, -0.1) is 11.3 Å². The number of β-amino-alcohol motifs (C(OH)–C–C–N with tert-alkyl or cyclic N) is 1. The molecule has 4 atom stereocenters. The van der Waals surface area contributed by atoms with E-state index in [1.54, 1.807) is 35.6 Å². The summed E-state index contributed by atoms with van der Waals surface area (Å²) in [7, 11) is 0. The van der Waals surface area contributed by atoms with Crippen LogP contribution in [-0.4, -0.2) is 109 Å². The van der Waals surface area contributed by atoms with Gasteiger partial charge in [0.15, 0.2) is 17.4 Å². The van der Waals surface area contributed by atoms with Crippen molar-refractivity contribution < 1.29 is 29.1 Å². The van der Waals surface area contributed by atoms with Gasteiger partial charge in [-0.2, -0.15) is 5.10 Å². The van der Waals surface area contributed by atoms with Crippen LogP contribution in [0.4, 0.5) is 17.3 Å². The van der Waals surface area contributed by atoms with Gasteiger partial charge in [-0.1, -0.05) is 60.9 Å². The van der Waals surface area contributed by atoms with Crippen LogP contribution in [0.25, 0.3) is 22.2 Å². The zero-order chi connectivity index (χ0) is 49.4. The smallest absolute Gasteiger partial charge is 0.243 e. The molecule has 3 aliphatic heterocycles. The number of rotatable bonds is 15. The van der Waals surface area contributed by atoms with Crippen LogP contribution in [-0.2, 0) is 14.4 Å². The number of amides is 3. The first-order chi connectivity index (χ1) is 33.6. The van der Waals surface area contributed by atoms with Gasteiger partial charge in [0.1, 0.15) is 23.4 Å². The fraction of sp³-hybridized carbons (Fsp3) is 0.490. The minimum absolute atomic E-state index is 0.0117. The number of hydrogen-bond acceptors (Lipinski definition) is 14. The number of piperidine rings is 2. The molecule has 3 saturated heterocycles. The highest BCUT2D eigenvalue weighted by Crippen LogP contribution is 2.38. The normalized spacial score (nSPS) is 20.5. The maximum atomic E-state index is 14.4. The SMILES string of the molecule is Cc1ncsc1-c1ccc([C@H](C)NC(=O)[C@@H]2C[C@@H](O)CN2C(=O)C(c2cc(N3CCC(CN4CCC(n5nc(NC(=O)C6CC6)c(N)c5/C=C(\N)c5cccc(Cl)c5O)CC4)CC3)no2)C(C)C)cc1. The van der Waals surface area contributed by atoms with Crippen LogP contribution in [0, 0.1) is 24.7 Å². The number of carbonyl (C=O) groups is 3. The first-order valence-corrected chi connectivity index (χ1v) is 25.8. The number of hydrogen-bond donors (Lipinski definition) is 6. The molecule has 1 unspecified atom stereocenters. The van der Waals surface area contributed by atoms with Crippen molar-refractivity contribution in [2.24, 2.45) is 23.5 Å². The second-order valence-corrected chi connectivity index (χ2v) is 21.1. The van der Waals surface area contributed by atoms with Crippen LogP contribution in [0.2, 0.25) is 5.02 Å². The molecule has 19 heteroatoms. The number of thiazole rings is 1. The molecular weight excluding hydrogens is 930 g/mol. The van der Waals surface area contributed by atoms with E-state index in [-0.39, 0.29) is 71.1 Å². The van der Waals surface area contributed by atoms with Crippen molar-refractivity contribution in [3.8, 4) is 16.2 Å². The number of nitrogen functional groups attached to an aromatic ring is 1. The molecule has 17 nitrogen and oxygen atoms in total. The average Bonchev–Trinajstić information content (AvgIpc) is 3.56. The number of anilines is 3. The van der Waals surface area contributed by atoms with E-state index in [4.69, 9.17) is 32.7 Å². The molecule has 3 amide bonds. The zero-order valence-corrected chi connectivity index (χ0v) is 41.8. The van der Waals surface area contributed by atoms with E-state index >= 15 is 0 Å². The predicted molar refractivity (Wildman–Crippen MR) is 272 cm³/mol. The summed E-state index contributed by atoms with van der Waals surface area (Å²) in [5, 5.41) is 36.9. The highest BCUT2D eigenvalue weighted by atomic mass is 35.5. The molecule has 1 saturated carbocycles. The van der Waals surface area contributed by atoms with Gasteiger partial charge in [-0.3, -0.25) is 19.1 Å². The molecule has 0 spiro atoms. The number of phenols is 1. The Bertz CT molecular complexity index is 2720. The molecule has 4 aliphatic rings. The standard InChI is InChI=1S/C51H64ClN11O6S/c1-28(2)44(51(68)62-26-36(64)22-41(62)50(67)56-29(3)32-8-10-33(11-9-32)47-30(4)55-27-70-47)42-24-43(59-69-42)61-20-14-31(15-21-61)25-60-18-16-35(17-19-60)63-40(23-39(53)37-6-5-7-38(52)46(37)65)45(54)48(58-63)57-49(66)34-12-13-34/h5-11,23-24,27-29,31,34-36,41,44,64-65H,12-22,25-26,53-54H2,1-4H3,(H,56,67)(H,57,58,66)/b39-23-/t29-,36+,41-,44?/m0/s1. The van der Waals surface area contributed by atoms with E-state index in [0.717, 1.165) is 92.9 Å². The fourth-order valence-electron chi connectivity index (χ4n) is 10.3. The van der Waals surface area contributed by atoms with Crippen LogP contribution >= 0.6 is 22.9 Å². The largest absolute Gasteiger partial charge is 0.506 e. The molecule has 0 radical (unpaired) electrons. The summed E-state index contributed by atoms with van der Waals surface area (Å²) in [4.78, 5) is 52.7. The van der Waals surface area contributed by atoms with Crippen molar-refractivity contribution in [2.45, 2.75) is 103 Å². The number of phenolic OH excluding ortho intramolecular Hbond substituents is 1. The van der Waals surface area contributed by atoms with Crippen molar-refractivity contribution in [2.75, 3.05) is 55.2 Å². The van der Waals surface area contributed by atoms with Crippen molar-refractivity contribution in [3.63, 3.8) is 0 Å². The summed E-state index contributed by atoms with van der Waals surface area (Å²) in [5.41, 5.74) is 19.5. The topological polar surface area (TPSA) is 234 Å². The van der Waals surface area contributed by atoms with Crippen molar-refractivity contribution in [3.05, 3.63) is 87.3 Å². The van der Waals surface area contributed by atoms with Crippen molar-refractivity contribution >= 4 is 69.8 Å². The van der Waals surface area contributed by atoms with Gasteiger partial charge in [-0.05, 0) is 93.5 Å². The van der Waals surface area contributed by atoms with E-state index in [9.17, 15) is 24.6 Å². The summed E-state index contributed by atoms with van der Waals surface area (Å²) < 4.78 is 7.81. The zero-order valence-electron chi connectivity index (χ0n) is 40.2. The van der Waals surface area contributed by atoms with Gasteiger partial charge in [-0.25, -0.2) is 4.98 Å². The van der Waals surface area contributed by atoms with Gasteiger partial charge >= 0.3 is 0 Å². The lowest BCUT2D eigenvalue weighted by Gasteiger charge is -2.37. The maximum absolute atomic E-state index is 14.4. The highest BCUT2D eigenvalue weighted by molar-refractivity contribution is 7.13. The van der Waals surface area contributed by atoms with Crippen LogP contribution in [0.3, 0.4) is 0 Å². The monoisotopic (exact) mass is 993 g/mol. The number of likely N-dealkylation sites (tertiary alicyclic amines) is 2. The van der Waals surface area contributed by atoms with E-state index in [1.165, 1.54) is 4.90 Å². The minimum Gasteiger partial charge on any atom is -0.506 e. The summed E-state index contributed by atoms with van der Waals surface area (Å²) in [6, 6.07) is 13.8. The Kier molecular flexibility index (Phi) is 14.6. The van der Waals surface area contributed by atoms with Crippen LogP contribution in [0.5, 0.6) is 5.75 Å². The summed E-state index contributed by atoms with van der Waals surface area (Å²) in [6.45, 7) is 12.1. The first-order valence-electron chi connectivity index (χ1n) is 24.5. The van der Waals surface area contributed by atoms with Crippen molar-refractivity contribution in [1.82, 2.24) is 35.0 Å². The quantitative estimate of drug-likeness (QED) is 0.0611. The van der Waals surface area contributed by atoms with Gasteiger partial charge in [0.25, 0.3) is 0 Å². The number of nitrogens with one attached hydrogen (secondary N) is 2. The molecule has 0 bridgehead atoms. The Labute approximate surface area is 417 Å². The van der Waals surface area contributed by atoms with Gasteiger partial charge in [0, 0.05) is 68.9 Å². The number of aryl methyl sites for hydroxylation is 1. The summed E-state index contributed by atoms with van der Waals surface area (Å²) in [5.74, 6) is 0.299. The molecule has 372 valence electrons. The Morgan fingerprint density at radius 1 is 1.00 bits per heavy atom. The fourth-order valence-corrected chi connectivity index (χ4v) is 11.2. The van der Waals surface area contributed by atoms with Gasteiger partial charge in [0.2, 0.25) is 17.7 Å². The summed E-state index contributed by atoms with van der Waals surface area (Å²) >= 11 is 7.79.